The van der Waals surface area contributed by atoms with Crippen LogP contribution in [0.15, 0.2) is 66.2 Å². The molecule has 0 aromatic heterocycles. The van der Waals surface area contributed by atoms with Crippen LogP contribution in [0.5, 0.6) is 11.5 Å². The first-order valence-corrected chi connectivity index (χ1v) is 11.8. The topological polar surface area (TPSA) is 71.3 Å². The van der Waals surface area contributed by atoms with Crippen molar-refractivity contribution in [3.63, 3.8) is 0 Å². The van der Waals surface area contributed by atoms with Gasteiger partial charge in [-0.05, 0) is 89.7 Å². The van der Waals surface area contributed by atoms with Crippen LogP contribution in [-0.4, -0.2) is 12.5 Å². The number of nitrogens with zero attached hydrogens (tertiary/aromatic N) is 1. The Kier molecular flexibility index (Phi) is 9.01. The van der Waals surface area contributed by atoms with Crippen LogP contribution in [0.2, 0.25) is 10.0 Å². The van der Waals surface area contributed by atoms with Crippen LogP contribution in [0.4, 0.5) is 5.69 Å². The van der Waals surface area contributed by atoms with E-state index in [2.05, 4.69) is 27.9 Å². The smallest absolute Gasteiger partial charge is 0.266 e. The molecule has 3 aromatic rings. The Labute approximate surface area is 216 Å². The van der Waals surface area contributed by atoms with Gasteiger partial charge in [0, 0.05) is 24.9 Å². The average Bonchev–Trinajstić information content (AvgIpc) is 2.79. The normalized spacial score (nSPS) is 10.9. The molecule has 0 radical (unpaired) electrons. The number of carbonyl (C=O) groups is 1. The van der Waals surface area contributed by atoms with Crippen LogP contribution in [0.3, 0.4) is 0 Å². The third-order valence-corrected chi connectivity index (χ3v) is 5.75. The number of benzene rings is 3. The van der Waals surface area contributed by atoms with Gasteiger partial charge in [-0.2, -0.15) is 5.26 Å². The molecule has 3 aromatic carbocycles. The van der Waals surface area contributed by atoms with E-state index < -0.39 is 5.91 Å². The van der Waals surface area contributed by atoms with Gasteiger partial charge in [-0.3, -0.25) is 4.79 Å². The maximum Gasteiger partial charge on any atom is 0.266 e. The standard InChI is InChI=1S/C25H19Cl2IN2O3/c1-2-32-24-12-16(3-10-23(24)33-15-17-4-5-19(26)13-22(17)27)11-18(14-29)25(31)30-21-8-6-20(28)7-9-21/h3-13H,2,15H2,1H3,(H,30,31)/b18-11+. The first kappa shape index (κ1) is 24.9. The maximum absolute atomic E-state index is 12.5. The van der Waals surface area contributed by atoms with E-state index in [1.165, 1.54) is 6.08 Å². The van der Waals surface area contributed by atoms with Crippen LogP contribution in [-0.2, 0) is 11.4 Å². The van der Waals surface area contributed by atoms with E-state index in [1.54, 1.807) is 48.5 Å². The Hall–Kier alpha value is -2.73. The molecule has 0 atom stereocenters. The fourth-order valence-electron chi connectivity index (χ4n) is 2.84. The third-order valence-electron chi connectivity index (χ3n) is 4.44. The molecule has 0 saturated heterocycles. The number of ether oxygens (including phenoxy) is 2. The highest BCUT2D eigenvalue weighted by Gasteiger charge is 2.12. The molecular weight excluding hydrogens is 574 g/mol. The van der Waals surface area contributed by atoms with Gasteiger partial charge in [0.1, 0.15) is 18.2 Å². The second-order valence-corrected chi connectivity index (χ2v) is 8.88. The number of amides is 1. The lowest BCUT2D eigenvalue weighted by molar-refractivity contribution is -0.112. The summed E-state index contributed by atoms with van der Waals surface area (Å²) < 4.78 is 12.7. The molecule has 168 valence electrons. The van der Waals surface area contributed by atoms with Crippen molar-refractivity contribution in [1.82, 2.24) is 0 Å². The largest absolute Gasteiger partial charge is 0.490 e. The van der Waals surface area contributed by atoms with E-state index in [9.17, 15) is 10.1 Å². The lowest BCUT2D eigenvalue weighted by atomic mass is 10.1. The van der Waals surface area contributed by atoms with E-state index in [4.69, 9.17) is 32.7 Å². The number of nitrogens with one attached hydrogen (secondary N) is 1. The van der Waals surface area contributed by atoms with E-state index in [0.29, 0.717) is 39.4 Å². The molecule has 0 fully saturated rings. The van der Waals surface area contributed by atoms with Gasteiger partial charge in [0.25, 0.3) is 5.91 Å². The molecule has 0 aliphatic heterocycles. The summed E-state index contributed by atoms with van der Waals surface area (Å²) >= 11 is 14.3. The number of hydrogen-bond donors (Lipinski definition) is 1. The van der Waals surface area contributed by atoms with Crippen molar-refractivity contribution in [3.05, 3.63) is 91.0 Å². The second kappa shape index (κ2) is 11.9. The average molecular weight is 593 g/mol. The summed E-state index contributed by atoms with van der Waals surface area (Å²) in [6.07, 6.45) is 1.50. The Balaban J connectivity index is 1.78. The van der Waals surface area contributed by atoms with E-state index >= 15 is 0 Å². The predicted molar refractivity (Wildman–Crippen MR) is 140 cm³/mol. The highest BCUT2D eigenvalue weighted by Crippen LogP contribution is 2.31. The third kappa shape index (κ3) is 7.13. The van der Waals surface area contributed by atoms with Crippen molar-refractivity contribution < 1.29 is 14.3 Å². The van der Waals surface area contributed by atoms with Crippen molar-refractivity contribution in [2.75, 3.05) is 11.9 Å². The van der Waals surface area contributed by atoms with Gasteiger partial charge in [0.05, 0.1) is 6.61 Å². The molecule has 33 heavy (non-hydrogen) atoms. The summed E-state index contributed by atoms with van der Waals surface area (Å²) in [5, 5.41) is 13.3. The number of nitriles is 1. The summed E-state index contributed by atoms with van der Waals surface area (Å²) in [6, 6.07) is 19.7. The molecule has 0 saturated carbocycles. The number of halogens is 3. The molecule has 0 spiro atoms. The molecule has 3 rings (SSSR count). The van der Waals surface area contributed by atoms with Gasteiger partial charge in [0.15, 0.2) is 11.5 Å². The van der Waals surface area contributed by atoms with Crippen molar-refractivity contribution in [1.29, 1.82) is 5.26 Å². The molecule has 0 aliphatic carbocycles. The molecule has 0 unspecified atom stereocenters. The van der Waals surface area contributed by atoms with Crippen molar-refractivity contribution in [2.24, 2.45) is 0 Å². The highest BCUT2D eigenvalue weighted by atomic mass is 127. The van der Waals surface area contributed by atoms with Crippen LogP contribution in [0.25, 0.3) is 6.08 Å². The van der Waals surface area contributed by atoms with Crippen molar-refractivity contribution >= 4 is 63.5 Å². The quantitative estimate of drug-likeness (QED) is 0.172. The first-order chi connectivity index (χ1) is 15.9. The van der Waals surface area contributed by atoms with Crippen LogP contribution in [0.1, 0.15) is 18.1 Å². The van der Waals surface area contributed by atoms with Gasteiger partial charge in [-0.1, -0.05) is 35.3 Å². The minimum Gasteiger partial charge on any atom is -0.490 e. The van der Waals surface area contributed by atoms with Gasteiger partial charge in [0.2, 0.25) is 0 Å². The van der Waals surface area contributed by atoms with Crippen LogP contribution < -0.4 is 14.8 Å². The molecule has 8 heteroatoms. The monoisotopic (exact) mass is 592 g/mol. The number of anilines is 1. The van der Waals surface area contributed by atoms with Crippen LogP contribution in [0, 0.1) is 14.9 Å². The van der Waals surface area contributed by atoms with Gasteiger partial charge >= 0.3 is 0 Å². The molecule has 1 amide bonds. The minimum atomic E-state index is -0.491. The summed E-state index contributed by atoms with van der Waals surface area (Å²) in [6.45, 7) is 2.51. The summed E-state index contributed by atoms with van der Waals surface area (Å²) in [5.41, 5.74) is 2.00. The fourth-order valence-corrected chi connectivity index (χ4v) is 3.67. The minimum absolute atomic E-state index is 0.0300. The lowest BCUT2D eigenvalue weighted by Gasteiger charge is -2.13. The Morgan fingerprint density at radius 3 is 2.48 bits per heavy atom. The van der Waals surface area contributed by atoms with E-state index in [-0.39, 0.29) is 12.2 Å². The molecule has 0 bridgehead atoms. The predicted octanol–water partition coefficient (Wildman–Crippen LogP) is 7.12. The Morgan fingerprint density at radius 1 is 1.06 bits per heavy atom. The molecule has 0 heterocycles. The zero-order valence-electron chi connectivity index (χ0n) is 17.6. The van der Waals surface area contributed by atoms with Gasteiger partial charge < -0.3 is 14.8 Å². The van der Waals surface area contributed by atoms with Gasteiger partial charge in [-0.25, -0.2) is 0 Å². The highest BCUT2D eigenvalue weighted by molar-refractivity contribution is 14.1. The fraction of sp³-hybridized carbons (Fsp3) is 0.120. The number of hydrogen-bond acceptors (Lipinski definition) is 4. The van der Waals surface area contributed by atoms with Gasteiger partial charge in [-0.15, -0.1) is 0 Å². The van der Waals surface area contributed by atoms with Crippen molar-refractivity contribution in [2.45, 2.75) is 13.5 Å². The summed E-state index contributed by atoms with van der Waals surface area (Å²) in [7, 11) is 0. The molecule has 1 N–H and O–H groups in total. The summed E-state index contributed by atoms with van der Waals surface area (Å²) in [5.74, 6) is 0.517. The number of rotatable bonds is 8. The maximum atomic E-state index is 12.5. The number of carbonyl (C=O) groups excluding carboxylic acids is 1. The van der Waals surface area contributed by atoms with Crippen LogP contribution >= 0.6 is 45.8 Å². The summed E-state index contributed by atoms with van der Waals surface area (Å²) in [4.78, 5) is 12.5. The van der Waals surface area contributed by atoms with E-state index in [1.807, 2.05) is 25.1 Å². The molecular formula is C25H19Cl2IN2O3. The SMILES string of the molecule is CCOc1cc(/C=C(\C#N)C(=O)Nc2ccc(I)cc2)ccc1OCc1ccc(Cl)cc1Cl. The second-order valence-electron chi connectivity index (χ2n) is 6.79. The molecule has 5 nitrogen and oxygen atoms in total. The first-order valence-electron chi connectivity index (χ1n) is 9.92. The zero-order valence-corrected chi connectivity index (χ0v) is 21.2. The zero-order chi connectivity index (χ0) is 23.8. The lowest BCUT2D eigenvalue weighted by Crippen LogP contribution is -2.13. The Bertz CT molecular complexity index is 1220. The van der Waals surface area contributed by atoms with Crippen molar-refractivity contribution in [3.8, 4) is 17.6 Å². The Morgan fingerprint density at radius 2 is 1.82 bits per heavy atom. The molecule has 0 aliphatic rings. The van der Waals surface area contributed by atoms with E-state index in [0.717, 1.165) is 9.13 Å².